The first-order chi connectivity index (χ1) is 17.9. The number of benzene rings is 1. The van der Waals surface area contributed by atoms with Gasteiger partial charge in [-0.15, -0.1) is 0 Å². The zero-order valence-corrected chi connectivity index (χ0v) is 21.8. The van der Waals surface area contributed by atoms with Crippen LogP contribution in [0.2, 0.25) is 0 Å². The Bertz CT molecular complexity index is 1520. The van der Waals surface area contributed by atoms with Crippen molar-refractivity contribution in [2.45, 2.75) is 46.3 Å². The number of aliphatic hydroxyl groups is 1. The first-order valence-corrected chi connectivity index (χ1v) is 12.4. The fourth-order valence-corrected chi connectivity index (χ4v) is 4.67. The van der Waals surface area contributed by atoms with Crippen molar-refractivity contribution in [1.29, 1.82) is 0 Å². The molecule has 1 aliphatic rings. The number of hydrogen-bond donors (Lipinski definition) is 2. The molecule has 0 radical (unpaired) electrons. The van der Waals surface area contributed by atoms with E-state index in [1.807, 2.05) is 18.4 Å². The summed E-state index contributed by atoms with van der Waals surface area (Å²) in [5.41, 5.74) is 0.545. The van der Waals surface area contributed by atoms with Gasteiger partial charge in [-0.05, 0) is 58.9 Å². The molecule has 198 valence electrons. The molecule has 5 rings (SSSR count). The first-order valence-electron chi connectivity index (χ1n) is 12.4. The molecule has 11 heteroatoms. The SMILES string of the molecule is Cc1nc2c(F)cc(-c3nc(Nc4ccc(C(=O)N5CC(C(C)(C)O)C5)cn4)ncc3F)cc2n1C(C)C. The number of pyridine rings is 1. The second kappa shape index (κ2) is 9.39. The quantitative estimate of drug-likeness (QED) is 0.380. The summed E-state index contributed by atoms with van der Waals surface area (Å²) in [6.07, 6.45) is 2.45. The molecule has 0 spiro atoms. The van der Waals surface area contributed by atoms with Crippen molar-refractivity contribution in [3.63, 3.8) is 0 Å². The van der Waals surface area contributed by atoms with E-state index < -0.39 is 17.2 Å². The Kier molecular flexibility index (Phi) is 6.34. The van der Waals surface area contributed by atoms with E-state index >= 15 is 0 Å². The monoisotopic (exact) mass is 521 g/mol. The summed E-state index contributed by atoms with van der Waals surface area (Å²) in [5, 5.41) is 13.0. The molecule has 38 heavy (non-hydrogen) atoms. The Hall–Kier alpha value is -3.99. The molecule has 1 saturated heterocycles. The molecular formula is C27H29F2N7O2. The van der Waals surface area contributed by atoms with Crippen molar-refractivity contribution in [3.05, 3.63) is 59.7 Å². The van der Waals surface area contributed by atoms with Gasteiger partial charge in [0, 0.05) is 36.8 Å². The Labute approximate surface area is 218 Å². The summed E-state index contributed by atoms with van der Waals surface area (Å²) in [4.78, 5) is 31.2. The van der Waals surface area contributed by atoms with E-state index in [0.717, 1.165) is 6.20 Å². The lowest BCUT2D eigenvalue weighted by Crippen LogP contribution is -2.57. The number of halogens is 2. The number of hydrogen-bond acceptors (Lipinski definition) is 7. The number of aromatic nitrogens is 5. The molecule has 1 amide bonds. The van der Waals surface area contributed by atoms with Crippen molar-refractivity contribution in [2.75, 3.05) is 18.4 Å². The molecule has 0 atom stereocenters. The van der Waals surface area contributed by atoms with Crippen LogP contribution in [0.4, 0.5) is 20.5 Å². The molecule has 4 aromatic rings. The molecule has 1 fully saturated rings. The Balaban J connectivity index is 1.36. The number of carbonyl (C=O) groups is 1. The van der Waals surface area contributed by atoms with Gasteiger partial charge in [0.05, 0.1) is 22.9 Å². The molecule has 1 aliphatic heterocycles. The summed E-state index contributed by atoms with van der Waals surface area (Å²) in [6, 6.07) is 6.14. The normalized spacial score (nSPS) is 14.3. The molecular weight excluding hydrogens is 492 g/mol. The third kappa shape index (κ3) is 4.69. The number of fused-ring (bicyclic) bond motifs is 1. The van der Waals surface area contributed by atoms with Crippen LogP contribution in [-0.2, 0) is 0 Å². The maximum Gasteiger partial charge on any atom is 0.255 e. The van der Waals surface area contributed by atoms with E-state index in [4.69, 9.17) is 0 Å². The van der Waals surface area contributed by atoms with Crippen molar-refractivity contribution in [2.24, 2.45) is 5.92 Å². The van der Waals surface area contributed by atoms with E-state index in [1.54, 1.807) is 43.9 Å². The van der Waals surface area contributed by atoms with E-state index in [9.17, 15) is 18.7 Å². The van der Waals surface area contributed by atoms with Gasteiger partial charge in [0.25, 0.3) is 5.91 Å². The van der Waals surface area contributed by atoms with Gasteiger partial charge in [0.2, 0.25) is 5.95 Å². The fourth-order valence-electron chi connectivity index (χ4n) is 4.67. The maximum atomic E-state index is 14.9. The third-order valence-electron chi connectivity index (χ3n) is 6.88. The van der Waals surface area contributed by atoms with Gasteiger partial charge in [-0.1, -0.05) is 0 Å². The molecule has 0 aliphatic carbocycles. The second-order valence-electron chi connectivity index (χ2n) is 10.5. The summed E-state index contributed by atoms with van der Waals surface area (Å²) in [5.74, 6) is -0.312. The Morgan fingerprint density at radius 3 is 2.47 bits per heavy atom. The van der Waals surface area contributed by atoms with Gasteiger partial charge in [-0.2, -0.15) is 0 Å². The number of likely N-dealkylation sites (tertiary alicyclic amines) is 1. The number of amides is 1. The lowest BCUT2D eigenvalue weighted by atomic mass is 9.84. The smallest absolute Gasteiger partial charge is 0.255 e. The number of aryl methyl sites for hydroxylation is 1. The van der Waals surface area contributed by atoms with Gasteiger partial charge < -0.3 is 19.9 Å². The van der Waals surface area contributed by atoms with Crippen LogP contribution in [0.3, 0.4) is 0 Å². The van der Waals surface area contributed by atoms with Crippen LogP contribution >= 0.6 is 0 Å². The minimum atomic E-state index is -0.830. The largest absolute Gasteiger partial charge is 0.390 e. The highest BCUT2D eigenvalue weighted by Gasteiger charge is 2.39. The standard InChI is InChI=1S/C27H29F2N7O2/c1-14(2)36-15(3)32-24-19(28)8-17(9-21(24)36)23-20(29)11-31-26(34-23)33-22-7-6-16(10-30-22)25(37)35-12-18(13-35)27(4,5)38/h6-11,14,18,38H,12-13H2,1-5H3,(H,30,31,33,34). The number of anilines is 2. The first kappa shape index (κ1) is 25.7. The number of rotatable bonds is 6. The minimum Gasteiger partial charge on any atom is -0.390 e. The number of carbonyl (C=O) groups excluding carboxylic acids is 1. The summed E-state index contributed by atoms with van der Waals surface area (Å²) in [7, 11) is 0. The zero-order valence-electron chi connectivity index (χ0n) is 21.8. The van der Waals surface area contributed by atoms with E-state index in [-0.39, 0.29) is 40.6 Å². The van der Waals surface area contributed by atoms with Crippen molar-refractivity contribution in [1.82, 2.24) is 29.4 Å². The molecule has 2 N–H and O–H groups in total. The average Bonchev–Trinajstić information content (AvgIpc) is 3.15. The van der Waals surface area contributed by atoms with Crippen molar-refractivity contribution < 1.29 is 18.7 Å². The van der Waals surface area contributed by atoms with Crippen LogP contribution in [0.5, 0.6) is 0 Å². The molecule has 4 heterocycles. The van der Waals surface area contributed by atoms with Crippen LogP contribution in [0.15, 0.2) is 36.7 Å². The summed E-state index contributed by atoms with van der Waals surface area (Å²) < 4.78 is 31.6. The Morgan fingerprint density at radius 1 is 1.11 bits per heavy atom. The third-order valence-corrected chi connectivity index (χ3v) is 6.88. The van der Waals surface area contributed by atoms with Crippen LogP contribution in [-0.4, -0.2) is 59.1 Å². The number of nitrogens with one attached hydrogen (secondary N) is 1. The van der Waals surface area contributed by atoms with Gasteiger partial charge in [0.15, 0.2) is 11.6 Å². The molecule has 0 bridgehead atoms. The average molecular weight is 522 g/mol. The van der Waals surface area contributed by atoms with Gasteiger partial charge in [-0.25, -0.2) is 28.7 Å². The Morgan fingerprint density at radius 2 is 1.84 bits per heavy atom. The maximum absolute atomic E-state index is 14.9. The summed E-state index contributed by atoms with van der Waals surface area (Å²) in [6.45, 7) is 10.2. The molecule has 0 saturated carbocycles. The molecule has 1 aromatic carbocycles. The van der Waals surface area contributed by atoms with Gasteiger partial charge in [-0.3, -0.25) is 4.79 Å². The molecule has 9 nitrogen and oxygen atoms in total. The lowest BCUT2D eigenvalue weighted by molar-refractivity contribution is -0.0507. The lowest BCUT2D eigenvalue weighted by Gasteiger charge is -2.45. The van der Waals surface area contributed by atoms with Crippen LogP contribution in [0.1, 0.15) is 49.9 Å². The van der Waals surface area contributed by atoms with Crippen LogP contribution in [0.25, 0.3) is 22.3 Å². The highest BCUT2D eigenvalue weighted by molar-refractivity contribution is 5.94. The van der Waals surface area contributed by atoms with Gasteiger partial charge >= 0.3 is 0 Å². The van der Waals surface area contributed by atoms with Crippen LogP contribution in [0, 0.1) is 24.5 Å². The van der Waals surface area contributed by atoms with E-state index in [2.05, 4.69) is 25.3 Å². The van der Waals surface area contributed by atoms with E-state index in [0.29, 0.717) is 35.8 Å². The molecule has 3 aromatic heterocycles. The predicted molar refractivity (Wildman–Crippen MR) is 139 cm³/mol. The minimum absolute atomic E-state index is 0.0343. The highest BCUT2D eigenvalue weighted by Crippen LogP contribution is 2.31. The highest BCUT2D eigenvalue weighted by atomic mass is 19.1. The van der Waals surface area contributed by atoms with Crippen LogP contribution < -0.4 is 5.32 Å². The molecule has 0 unspecified atom stereocenters. The van der Waals surface area contributed by atoms with Gasteiger partial charge in [0.1, 0.15) is 22.9 Å². The predicted octanol–water partition coefficient (Wildman–Crippen LogP) is 4.64. The second-order valence-corrected chi connectivity index (χ2v) is 10.5. The zero-order chi connectivity index (χ0) is 27.4. The van der Waals surface area contributed by atoms with Crippen molar-refractivity contribution in [3.8, 4) is 11.3 Å². The van der Waals surface area contributed by atoms with Crippen molar-refractivity contribution >= 4 is 28.7 Å². The topological polar surface area (TPSA) is 109 Å². The number of imidazole rings is 1. The number of nitrogens with zero attached hydrogens (tertiary/aromatic N) is 6. The van der Waals surface area contributed by atoms with E-state index in [1.165, 1.54) is 12.3 Å². The fraction of sp³-hybridized carbons (Fsp3) is 0.370. The summed E-state index contributed by atoms with van der Waals surface area (Å²) >= 11 is 0.